The van der Waals surface area contributed by atoms with Gasteiger partial charge in [-0.05, 0) is 32.4 Å². The molecule has 108 valence electrons. The molecule has 2 heterocycles. The van der Waals surface area contributed by atoms with Crippen LogP contribution >= 0.6 is 11.3 Å². The number of amides is 1. The summed E-state index contributed by atoms with van der Waals surface area (Å²) in [6.07, 6.45) is 2.09. The van der Waals surface area contributed by atoms with Gasteiger partial charge in [-0.1, -0.05) is 0 Å². The number of hydrogen-bond donors (Lipinski definition) is 1. The van der Waals surface area contributed by atoms with E-state index in [0.29, 0.717) is 31.2 Å². The molecule has 0 radical (unpaired) electrons. The lowest BCUT2D eigenvalue weighted by Gasteiger charge is -2.04. The Morgan fingerprint density at radius 1 is 1.50 bits per heavy atom. The molecule has 2 aromatic rings. The van der Waals surface area contributed by atoms with E-state index in [-0.39, 0.29) is 5.91 Å². The summed E-state index contributed by atoms with van der Waals surface area (Å²) in [5, 5.41) is 2.82. The first-order valence-electron chi connectivity index (χ1n) is 6.58. The summed E-state index contributed by atoms with van der Waals surface area (Å²) >= 11 is 1.58. The van der Waals surface area contributed by atoms with Crippen molar-refractivity contribution in [2.24, 2.45) is 0 Å². The summed E-state index contributed by atoms with van der Waals surface area (Å²) in [5.41, 5.74) is 0.336. The van der Waals surface area contributed by atoms with Gasteiger partial charge in [0.15, 0.2) is 17.8 Å². The molecule has 0 aromatic carbocycles. The summed E-state index contributed by atoms with van der Waals surface area (Å²) in [4.78, 5) is 18.2. The second-order valence-electron chi connectivity index (χ2n) is 4.25. The summed E-state index contributed by atoms with van der Waals surface area (Å²) in [6.45, 7) is 5.86. The van der Waals surface area contributed by atoms with Gasteiger partial charge in [0.25, 0.3) is 5.91 Å². The predicted molar refractivity (Wildman–Crippen MR) is 78.0 cm³/mol. The van der Waals surface area contributed by atoms with Crippen molar-refractivity contribution in [3.63, 3.8) is 0 Å². The molecule has 0 atom stereocenters. The SMILES string of the molecule is CCOCCCNC(=O)c1ncoc1-c1ccc(C)s1. The first kappa shape index (κ1) is 14.7. The highest BCUT2D eigenvalue weighted by molar-refractivity contribution is 7.15. The highest BCUT2D eigenvalue weighted by atomic mass is 32.1. The molecule has 0 fully saturated rings. The highest BCUT2D eigenvalue weighted by Gasteiger charge is 2.18. The van der Waals surface area contributed by atoms with Crippen molar-refractivity contribution in [2.45, 2.75) is 20.3 Å². The molecule has 20 heavy (non-hydrogen) atoms. The molecule has 1 amide bonds. The van der Waals surface area contributed by atoms with Crippen LogP contribution in [0.1, 0.15) is 28.7 Å². The third-order valence-corrected chi connectivity index (χ3v) is 3.70. The minimum absolute atomic E-state index is 0.212. The number of carbonyl (C=O) groups excluding carboxylic acids is 1. The lowest BCUT2D eigenvalue weighted by molar-refractivity contribution is 0.0940. The molecule has 0 unspecified atom stereocenters. The Bertz CT molecular complexity index is 562. The number of nitrogens with one attached hydrogen (secondary N) is 1. The van der Waals surface area contributed by atoms with E-state index in [2.05, 4.69) is 10.3 Å². The molecule has 0 saturated carbocycles. The number of nitrogens with zero attached hydrogens (tertiary/aromatic N) is 1. The monoisotopic (exact) mass is 294 g/mol. The Balaban J connectivity index is 1.96. The second-order valence-corrected chi connectivity index (χ2v) is 5.53. The summed E-state index contributed by atoms with van der Waals surface area (Å²) < 4.78 is 10.6. The quantitative estimate of drug-likeness (QED) is 0.797. The number of oxazole rings is 1. The van der Waals surface area contributed by atoms with Crippen molar-refractivity contribution in [3.8, 4) is 10.6 Å². The Labute approximate surface area is 122 Å². The zero-order valence-electron chi connectivity index (χ0n) is 11.6. The largest absolute Gasteiger partial charge is 0.442 e. The third kappa shape index (κ3) is 3.68. The van der Waals surface area contributed by atoms with E-state index in [4.69, 9.17) is 9.15 Å². The van der Waals surface area contributed by atoms with Crippen molar-refractivity contribution in [1.29, 1.82) is 0 Å². The van der Waals surface area contributed by atoms with Crippen molar-refractivity contribution >= 4 is 17.2 Å². The molecule has 5 nitrogen and oxygen atoms in total. The van der Waals surface area contributed by atoms with E-state index in [1.165, 1.54) is 11.3 Å². The normalized spacial score (nSPS) is 10.7. The van der Waals surface area contributed by atoms with Crippen LogP contribution in [0.15, 0.2) is 22.9 Å². The van der Waals surface area contributed by atoms with E-state index in [1.54, 1.807) is 11.3 Å². The first-order valence-corrected chi connectivity index (χ1v) is 7.40. The second kappa shape index (κ2) is 7.21. The van der Waals surface area contributed by atoms with Crippen LogP contribution in [0.3, 0.4) is 0 Å². The average molecular weight is 294 g/mol. The molecule has 2 rings (SSSR count). The van der Waals surface area contributed by atoms with Crippen molar-refractivity contribution < 1.29 is 13.9 Å². The van der Waals surface area contributed by atoms with Crippen molar-refractivity contribution in [3.05, 3.63) is 29.1 Å². The van der Waals surface area contributed by atoms with Crippen molar-refractivity contribution in [1.82, 2.24) is 10.3 Å². The minimum atomic E-state index is -0.212. The molecule has 0 saturated heterocycles. The Hall–Kier alpha value is -1.66. The van der Waals surface area contributed by atoms with E-state index in [1.807, 2.05) is 26.0 Å². The van der Waals surface area contributed by atoms with Gasteiger partial charge in [0.2, 0.25) is 0 Å². The number of aromatic nitrogens is 1. The van der Waals surface area contributed by atoms with Gasteiger partial charge in [-0.2, -0.15) is 0 Å². The Kier molecular flexibility index (Phi) is 5.31. The number of thiophene rings is 1. The lowest BCUT2D eigenvalue weighted by Crippen LogP contribution is -2.26. The molecule has 0 aliphatic heterocycles. The van der Waals surface area contributed by atoms with Crippen LogP contribution in [0.25, 0.3) is 10.6 Å². The van der Waals surface area contributed by atoms with Gasteiger partial charge in [0.1, 0.15) is 0 Å². The van der Waals surface area contributed by atoms with Crippen LogP contribution in [-0.2, 0) is 4.74 Å². The summed E-state index contributed by atoms with van der Waals surface area (Å²) in [5.74, 6) is 0.321. The van der Waals surface area contributed by atoms with E-state index >= 15 is 0 Å². The van der Waals surface area contributed by atoms with Crippen LogP contribution in [0.5, 0.6) is 0 Å². The van der Waals surface area contributed by atoms with Gasteiger partial charge < -0.3 is 14.5 Å². The Morgan fingerprint density at radius 2 is 2.35 bits per heavy atom. The number of rotatable bonds is 7. The van der Waals surface area contributed by atoms with Crippen LogP contribution in [0.2, 0.25) is 0 Å². The number of aryl methyl sites for hydroxylation is 1. The topological polar surface area (TPSA) is 64.4 Å². The van der Waals surface area contributed by atoms with E-state index in [0.717, 1.165) is 11.3 Å². The molecule has 6 heteroatoms. The molecular weight excluding hydrogens is 276 g/mol. The number of carbonyl (C=O) groups is 1. The fraction of sp³-hybridized carbons (Fsp3) is 0.429. The molecular formula is C14H18N2O3S. The molecule has 0 spiro atoms. The molecule has 1 N–H and O–H groups in total. The minimum Gasteiger partial charge on any atom is -0.442 e. The fourth-order valence-corrected chi connectivity index (χ4v) is 2.60. The van der Waals surface area contributed by atoms with Gasteiger partial charge in [-0.15, -0.1) is 11.3 Å². The maximum atomic E-state index is 12.1. The fourth-order valence-electron chi connectivity index (χ4n) is 1.74. The van der Waals surface area contributed by atoms with Crippen LogP contribution < -0.4 is 5.32 Å². The number of hydrogen-bond acceptors (Lipinski definition) is 5. The maximum Gasteiger partial charge on any atom is 0.273 e. The maximum absolute atomic E-state index is 12.1. The first-order chi connectivity index (χ1) is 9.72. The third-order valence-electron chi connectivity index (χ3n) is 2.70. The van der Waals surface area contributed by atoms with E-state index < -0.39 is 0 Å². The van der Waals surface area contributed by atoms with Gasteiger partial charge in [0.05, 0.1) is 4.88 Å². The zero-order chi connectivity index (χ0) is 14.4. The van der Waals surface area contributed by atoms with Crippen LogP contribution in [0, 0.1) is 6.92 Å². The lowest BCUT2D eigenvalue weighted by atomic mass is 10.2. The standard InChI is InChI=1S/C14H18N2O3S/c1-3-18-8-4-7-15-14(17)12-13(19-9-16-12)11-6-5-10(2)20-11/h5-6,9H,3-4,7-8H2,1-2H3,(H,15,17). The van der Waals surface area contributed by atoms with Crippen LogP contribution in [-0.4, -0.2) is 30.6 Å². The molecule has 0 aliphatic rings. The van der Waals surface area contributed by atoms with Crippen molar-refractivity contribution in [2.75, 3.05) is 19.8 Å². The van der Waals surface area contributed by atoms with Gasteiger partial charge in [-0.3, -0.25) is 4.79 Å². The molecule has 0 bridgehead atoms. The van der Waals surface area contributed by atoms with Crippen LogP contribution in [0.4, 0.5) is 0 Å². The van der Waals surface area contributed by atoms with Gasteiger partial charge >= 0.3 is 0 Å². The Morgan fingerprint density at radius 3 is 3.05 bits per heavy atom. The summed E-state index contributed by atoms with van der Waals surface area (Å²) in [6, 6.07) is 3.93. The van der Waals surface area contributed by atoms with E-state index in [9.17, 15) is 4.79 Å². The summed E-state index contributed by atoms with van der Waals surface area (Å²) in [7, 11) is 0. The molecule has 2 aromatic heterocycles. The molecule has 0 aliphatic carbocycles. The highest BCUT2D eigenvalue weighted by Crippen LogP contribution is 2.29. The zero-order valence-corrected chi connectivity index (χ0v) is 12.5. The average Bonchev–Trinajstić information content (AvgIpc) is 3.06. The van der Waals surface area contributed by atoms with Gasteiger partial charge in [0, 0.05) is 24.6 Å². The predicted octanol–water partition coefficient (Wildman–Crippen LogP) is 2.87. The number of ether oxygens (including phenoxy) is 1. The smallest absolute Gasteiger partial charge is 0.273 e. The van der Waals surface area contributed by atoms with Gasteiger partial charge in [-0.25, -0.2) is 4.98 Å².